The molecule has 6 unspecified atom stereocenters. The first-order valence-electron chi connectivity index (χ1n) is 11.0. The molecule has 0 aromatic heterocycles. The van der Waals surface area contributed by atoms with E-state index >= 15 is 0 Å². The van der Waals surface area contributed by atoms with Gasteiger partial charge in [0.05, 0.1) is 19.8 Å². The van der Waals surface area contributed by atoms with Crippen molar-refractivity contribution in [2.24, 2.45) is 0 Å². The zero-order valence-electron chi connectivity index (χ0n) is 18.7. The zero-order chi connectivity index (χ0) is 26.2. The van der Waals surface area contributed by atoms with Crippen molar-refractivity contribution >= 4 is 0 Å². The van der Waals surface area contributed by atoms with Gasteiger partial charge in [-0.2, -0.15) is 0 Å². The summed E-state index contributed by atoms with van der Waals surface area (Å²) < 4.78 is 26.6. The van der Waals surface area contributed by atoms with E-state index in [-0.39, 0.29) is 0 Å². The van der Waals surface area contributed by atoms with Crippen LogP contribution in [-0.4, -0.2) is 168 Å². The van der Waals surface area contributed by atoms with Crippen molar-refractivity contribution in [2.75, 3.05) is 19.8 Å². The third-order valence-corrected chi connectivity index (χ3v) is 6.56. The molecule has 3 heterocycles. The lowest BCUT2D eigenvalue weighted by molar-refractivity contribution is -0.383. The Bertz CT molecular complexity index is 673. The molecule has 3 aliphatic heterocycles. The van der Waals surface area contributed by atoms with Gasteiger partial charge in [-0.15, -0.1) is 0 Å². The van der Waals surface area contributed by atoms with Crippen molar-refractivity contribution in [3.63, 3.8) is 0 Å². The minimum Gasteiger partial charge on any atom is -0.394 e. The van der Waals surface area contributed by atoms with Crippen molar-refractivity contribution in [1.82, 2.24) is 0 Å². The molecule has 15 atom stereocenters. The van der Waals surface area contributed by atoms with Gasteiger partial charge in [0, 0.05) is 0 Å². The minimum absolute atomic E-state index is 0.763. The Morgan fingerprint density at radius 3 is 1.63 bits per heavy atom. The topological polar surface area (TPSA) is 269 Å². The molecule has 3 aliphatic rings. The third-order valence-electron chi connectivity index (χ3n) is 6.56. The van der Waals surface area contributed by atoms with Crippen LogP contribution >= 0.6 is 0 Å². The Labute approximate surface area is 199 Å². The fourth-order valence-electron chi connectivity index (χ4n) is 4.28. The van der Waals surface area contributed by atoms with Gasteiger partial charge in [0.2, 0.25) is 0 Å². The molecule has 0 aromatic rings. The molecule has 206 valence electrons. The summed E-state index contributed by atoms with van der Waals surface area (Å²) in [5, 5.41) is 110. The Morgan fingerprint density at radius 1 is 0.629 bits per heavy atom. The number of aliphatic hydroxyl groups is 11. The van der Waals surface area contributed by atoms with Crippen molar-refractivity contribution in [1.29, 1.82) is 0 Å². The Morgan fingerprint density at radius 2 is 1.11 bits per heavy atom. The highest BCUT2D eigenvalue weighted by Crippen LogP contribution is 2.34. The van der Waals surface area contributed by atoms with Gasteiger partial charge in [-0.3, -0.25) is 0 Å². The first kappa shape index (κ1) is 28.9. The van der Waals surface area contributed by atoms with E-state index in [0.717, 1.165) is 6.92 Å². The van der Waals surface area contributed by atoms with Crippen LogP contribution in [0, 0.1) is 0 Å². The molecule has 0 spiro atoms. The molecule has 3 rings (SSSR count). The van der Waals surface area contributed by atoms with E-state index < -0.39 is 111 Å². The van der Waals surface area contributed by atoms with Crippen molar-refractivity contribution in [3.8, 4) is 0 Å². The van der Waals surface area contributed by atoms with Crippen molar-refractivity contribution in [3.05, 3.63) is 0 Å². The largest absolute Gasteiger partial charge is 0.394 e. The molecule has 0 amide bonds. The van der Waals surface area contributed by atoms with Crippen LogP contribution in [-0.2, 0) is 23.7 Å². The van der Waals surface area contributed by atoms with Crippen LogP contribution in [0.2, 0.25) is 0 Å². The van der Waals surface area contributed by atoms with Crippen LogP contribution < -0.4 is 0 Å². The lowest BCUT2D eigenvalue weighted by atomic mass is 9.86. The SMILES string of the molecule is C[C@@]1(O)C(CO)O[C@@H](O[C@H]2C(CO)O[C@@H](O[C@H]3C(CO)O[C@H](O)C(O)[C@@H]3O)C(O)[C@@H]2O)C(O)[C@@H]1O. The molecule has 3 saturated heterocycles. The van der Waals surface area contributed by atoms with E-state index in [9.17, 15) is 56.2 Å². The molecule has 16 nitrogen and oxygen atoms in total. The number of hydrogen-bond donors (Lipinski definition) is 11. The highest BCUT2D eigenvalue weighted by molar-refractivity contribution is 5.00. The van der Waals surface area contributed by atoms with Gasteiger partial charge >= 0.3 is 0 Å². The summed E-state index contributed by atoms with van der Waals surface area (Å²) in [6.07, 6.45) is -23.7. The quantitative estimate of drug-likeness (QED) is 0.149. The lowest BCUT2D eigenvalue weighted by Gasteiger charge is -2.49. The molecule has 0 bridgehead atoms. The first-order valence-corrected chi connectivity index (χ1v) is 11.0. The second kappa shape index (κ2) is 11.4. The lowest BCUT2D eigenvalue weighted by Crippen LogP contribution is -2.68. The summed E-state index contributed by atoms with van der Waals surface area (Å²) in [5.74, 6) is 0. The van der Waals surface area contributed by atoms with Gasteiger partial charge in [0.25, 0.3) is 0 Å². The summed E-state index contributed by atoms with van der Waals surface area (Å²) in [6, 6.07) is 0. The summed E-state index contributed by atoms with van der Waals surface area (Å²) in [5.41, 5.74) is -2.05. The van der Waals surface area contributed by atoms with E-state index in [1.165, 1.54) is 0 Å². The van der Waals surface area contributed by atoms with Crippen LogP contribution in [0.3, 0.4) is 0 Å². The van der Waals surface area contributed by atoms with Gasteiger partial charge in [0.15, 0.2) is 18.9 Å². The van der Waals surface area contributed by atoms with Gasteiger partial charge in [-0.25, -0.2) is 0 Å². The predicted molar refractivity (Wildman–Crippen MR) is 106 cm³/mol. The number of ether oxygens (including phenoxy) is 5. The minimum atomic E-state index is -2.05. The van der Waals surface area contributed by atoms with E-state index in [1.807, 2.05) is 0 Å². The number of rotatable bonds is 7. The molecule has 16 heteroatoms. The molecule has 0 saturated carbocycles. The molecular formula is C19H34O16. The highest BCUT2D eigenvalue weighted by atomic mass is 16.8. The van der Waals surface area contributed by atoms with Gasteiger partial charge in [-0.1, -0.05) is 0 Å². The molecule has 3 fully saturated rings. The summed E-state index contributed by atoms with van der Waals surface area (Å²) in [6.45, 7) is -1.23. The maximum Gasteiger partial charge on any atom is 0.187 e. The number of aliphatic hydroxyl groups excluding tert-OH is 10. The van der Waals surface area contributed by atoms with Gasteiger partial charge in [-0.05, 0) is 6.92 Å². The Kier molecular flexibility index (Phi) is 9.42. The predicted octanol–water partition coefficient (Wildman–Crippen LogP) is -7.18. The fourth-order valence-corrected chi connectivity index (χ4v) is 4.28. The van der Waals surface area contributed by atoms with Crippen LogP contribution in [0.4, 0.5) is 0 Å². The average Bonchev–Trinajstić information content (AvgIpc) is 2.83. The monoisotopic (exact) mass is 518 g/mol. The maximum absolute atomic E-state index is 10.7. The van der Waals surface area contributed by atoms with E-state index in [0.29, 0.717) is 0 Å². The summed E-state index contributed by atoms with van der Waals surface area (Å²) >= 11 is 0. The van der Waals surface area contributed by atoms with Crippen LogP contribution in [0.25, 0.3) is 0 Å². The van der Waals surface area contributed by atoms with Crippen LogP contribution in [0.1, 0.15) is 6.92 Å². The zero-order valence-corrected chi connectivity index (χ0v) is 18.7. The molecule has 11 N–H and O–H groups in total. The van der Waals surface area contributed by atoms with E-state index in [2.05, 4.69) is 0 Å². The summed E-state index contributed by atoms with van der Waals surface area (Å²) in [7, 11) is 0. The van der Waals surface area contributed by atoms with Crippen molar-refractivity contribution in [2.45, 2.75) is 98.5 Å². The average molecular weight is 518 g/mol. The Hall–Kier alpha value is -0.640. The standard InChI is InChI=1S/C19H34O16/c1-19(30)7(4-22)33-18(12(27)15(19)28)35-14-6(3-21)32-17(11(26)9(14)24)34-13-5(2-20)31-16(29)10(25)8(13)23/h5-18,20-30H,2-4H2,1H3/t5?,6?,7?,8-,9-,10?,11?,12?,13-,14-,15-,16-,17-,18-,19+/m0/s1. The van der Waals surface area contributed by atoms with Gasteiger partial charge < -0.3 is 79.9 Å². The van der Waals surface area contributed by atoms with Crippen LogP contribution in [0.5, 0.6) is 0 Å². The third kappa shape index (κ3) is 5.48. The van der Waals surface area contributed by atoms with Crippen molar-refractivity contribution < 1.29 is 79.9 Å². The molecular weight excluding hydrogens is 484 g/mol. The molecule has 0 radical (unpaired) electrons. The Balaban J connectivity index is 1.73. The van der Waals surface area contributed by atoms with E-state index in [4.69, 9.17) is 23.7 Å². The van der Waals surface area contributed by atoms with E-state index in [1.54, 1.807) is 0 Å². The van der Waals surface area contributed by atoms with Crippen LogP contribution in [0.15, 0.2) is 0 Å². The summed E-state index contributed by atoms with van der Waals surface area (Å²) in [4.78, 5) is 0. The first-order chi connectivity index (χ1) is 16.4. The molecule has 35 heavy (non-hydrogen) atoms. The smallest absolute Gasteiger partial charge is 0.187 e. The van der Waals surface area contributed by atoms with Gasteiger partial charge in [0.1, 0.15) is 72.7 Å². The molecule has 0 aromatic carbocycles. The normalized spacial score (nSPS) is 53.5. The fraction of sp³-hybridized carbons (Fsp3) is 1.00. The maximum atomic E-state index is 10.7. The molecule has 0 aliphatic carbocycles. The highest BCUT2D eigenvalue weighted by Gasteiger charge is 2.55. The number of hydrogen-bond acceptors (Lipinski definition) is 16. The second-order valence-corrected chi connectivity index (χ2v) is 8.97. The second-order valence-electron chi connectivity index (χ2n) is 8.97.